The lowest BCUT2D eigenvalue weighted by Crippen LogP contribution is -2.18. The first-order valence-electron chi connectivity index (χ1n) is 5.85. The van der Waals surface area contributed by atoms with E-state index in [1.807, 2.05) is 43.3 Å². The molecule has 0 aliphatic carbocycles. The van der Waals surface area contributed by atoms with Crippen molar-refractivity contribution >= 4 is 30.4 Å². The van der Waals surface area contributed by atoms with Crippen molar-refractivity contribution in [2.75, 3.05) is 19.0 Å². The largest absolute Gasteiger partial charge is 0.412 e. The molecule has 0 saturated carbocycles. The van der Waals surface area contributed by atoms with E-state index in [1.165, 1.54) is 0 Å². The minimum atomic E-state index is -1.07. The van der Waals surface area contributed by atoms with Crippen LogP contribution in [0.2, 0.25) is 0 Å². The van der Waals surface area contributed by atoms with Gasteiger partial charge in [-0.25, -0.2) is 4.79 Å². The lowest BCUT2D eigenvalue weighted by molar-refractivity contribution is -0.137. The van der Waals surface area contributed by atoms with E-state index >= 15 is 0 Å². The van der Waals surface area contributed by atoms with Crippen LogP contribution in [0.3, 0.4) is 0 Å². The molecule has 104 valence electrons. The Bertz CT molecular complexity index is 446. The Labute approximate surface area is 118 Å². The van der Waals surface area contributed by atoms with Gasteiger partial charge in [0, 0.05) is 31.5 Å². The molecule has 1 rings (SSSR count). The molecule has 1 atom stereocenters. The fourth-order valence-corrected chi connectivity index (χ4v) is 1.88. The summed E-state index contributed by atoms with van der Waals surface area (Å²) in [7, 11) is 3.93. The molecular formula is C13H18N2O3S. The van der Waals surface area contributed by atoms with Gasteiger partial charge in [-0.1, -0.05) is 12.1 Å². The molecule has 2 N–H and O–H groups in total. The van der Waals surface area contributed by atoms with Gasteiger partial charge in [0.25, 0.3) is 0 Å². The second-order valence-electron chi connectivity index (χ2n) is 4.33. The second kappa shape index (κ2) is 7.04. The molecule has 0 radical (unpaired) electrons. The van der Waals surface area contributed by atoms with Crippen LogP contribution in [0.25, 0.3) is 0 Å². The summed E-state index contributed by atoms with van der Waals surface area (Å²) in [4.78, 5) is 23.6. The third-order valence-electron chi connectivity index (χ3n) is 2.63. The summed E-state index contributed by atoms with van der Waals surface area (Å²) in [6, 6.07) is 7.90. The van der Waals surface area contributed by atoms with Crippen LogP contribution in [0, 0.1) is 0 Å². The summed E-state index contributed by atoms with van der Waals surface area (Å²) >= 11 is 4.43. The highest BCUT2D eigenvalue weighted by Gasteiger charge is 2.12. The molecule has 0 heterocycles. The van der Waals surface area contributed by atoms with Gasteiger partial charge in [-0.05, 0) is 24.1 Å². The van der Waals surface area contributed by atoms with Crippen LogP contribution >= 0.6 is 12.6 Å². The van der Waals surface area contributed by atoms with Crippen molar-refractivity contribution in [3.8, 4) is 0 Å². The number of hydrogen-bond donors (Lipinski definition) is 2. The topological polar surface area (TPSA) is 72.6 Å². The van der Waals surface area contributed by atoms with Crippen molar-refractivity contribution in [1.29, 1.82) is 0 Å². The third kappa shape index (κ3) is 5.21. The third-order valence-corrected chi connectivity index (χ3v) is 3.19. The zero-order chi connectivity index (χ0) is 14.4. The number of esters is 1. The standard InChI is InChI=1S/C13H18N2O3S/c1-15(2)10-5-3-9(4-6-10)11(19)7-8-12(16)18-13(14)17/h3-6,11,19H,7-8H2,1-2H3,(H2,14,17). The maximum Gasteiger partial charge on any atom is 0.412 e. The molecule has 1 aromatic carbocycles. The summed E-state index contributed by atoms with van der Waals surface area (Å²) in [5.74, 6) is -0.628. The van der Waals surface area contributed by atoms with Crippen LogP contribution in [0.15, 0.2) is 24.3 Å². The number of thiol groups is 1. The normalized spacial score (nSPS) is 11.7. The van der Waals surface area contributed by atoms with Gasteiger partial charge >= 0.3 is 12.1 Å². The number of ether oxygens (including phenoxy) is 1. The van der Waals surface area contributed by atoms with E-state index in [1.54, 1.807) is 0 Å². The highest BCUT2D eigenvalue weighted by molar-refractivity contribution is 7.80. The number of carbonyl (C=O) groups is 2. The van der Waals surface area contributed by atoms with Gasteiger partial charge in [0.2, 0.25) is 0 Å². The number of hydrogen-bond acceptors (Lipinski definition) is 5. The Hall–Kier alpha value is -1.69. The zero-order valence-corrected chi connectivity index (χ0v) is 11.9. The number of primary amides is 1. The van der Waals surface area contributed by atoms with Crippen LogP contribution in [0.5, 0.6) is 0 Å². The molecule has 0 fully saturated rings. The van der Waals surface area contributed by atoms with Crippen LogP contribution < -0.4 is 10.6 Å². The molecule has 0 aliphatic heterocycles. The van der Waals surface area contributed by atoms with Crippen molar-refractivity contribution in [1.82, 2.24) is 0 Å². The van der Waals surface area contributed by atoms with Crippen molar-refractivity contribution in [2.45, 2.75) is 18.1 Å². The number of benzene rings is 1. The van der Waals surface area contributed by atoms with Crippen molar-refractivity contribution < 1.29 is 14.3 Å². The number of nitrogens with zero attached hydrogens (tertiary/aromatic N) is 1. The smallest absolute Gasteiger partial charge is 0.378 e. The van der Waals surface area contributed by atoms with E-state index in [4.69, 9.17) is 5.73 Å². The average molecular weight is 282 g/mol. The first-order valence-corrected chi connectivity index (χ1v) is 6.37. The molecule has 19 heavy (non-hydrogen) atoms. The summed E-state index contributed by atoms with van der Waals surface area (Å²) in [6.45, 7) is 0. The molecule has 6 heteroatoms. The van der Waals surface area contributed by atoms with E-state index in [-0.39, 0.29) is 11.7 Å². The van der Waals surface area contributed by atoms with E-state index in [0.29, 0.717) is 6.42 Å². The van der Waals surface area contributed by atoms with Gasteiger partial charge in [-0.3, -0.25) is 4.79 Å². The Morgan fingerprint density at radius 2 is 1.89 bits per heavy atom. The molecule has 1 amide bonds. The molecule has 5 nitrogen and oxygen atoms in total. The van der Waals surface area contributed by atoms with Crippen LogP contribution in [-0.4, -0.2) is 26.2 Å². The van der Waals surface area contributed by atoms with E-state index in [2.05, 4.69) is 17.4 Å². The van der Waals surface area contributed by atoms with Gasteiger partial charge in [0.15, 0.2) is 0 Å². The van der Waals surface area contributed by atoms with E-state index < -0.39 is 12.1 Å². The first-order chi connectivity index (χ1) is 8.90. The molecule has 1 unspecified atom stereocenters. The first kappa shape index (κ1) is 15.4. The van der Waals surface area contributed by atoms with Gasteiger partial charge < -0.3 is 15.4 Å². The minimum absolute atomic E-state index is 0.0864. The Balaban J connectivity index is 2.51. The SMILES string of the molecule is CN(C)c1ccc(C(S)CCC(=O)OC(N)=O)cc1. The number of nitrogens with two attached hydrogens (primary N) is 1. The molecule has 0 saturated heterocycles. The zero-order valence-electron chi connectivity index (χ0n) is 11.0. The molecule has 0 spiro atoms. The number of anilines is 1. The van der Waals surface area contributed by atoms with Gasteiger partial charge in [0.1, 0.15) is 0 Å². The average Bonchev–Trinajstić information content (AvgIpc) is 2.35. The maximum atomic E-state index is 11.2. The van der Waals surface area contributed by atoms with Crippen molar-refractivity contribution in [3.63, 3.8) is 0 Å². The van der Waals surface area contributed by atoms with E-state index in [0.717, 1.165) is 11.3 Å². The highest BCUT2D eigenvalue weighted by atomic mass is 32.1. The van der Waals surface area contributed by atoms with Crippen LogP contribution in [0.1, 0.15) is 23.7 Å². The Morgan fingerprint density at radius 1 is 1.32 bits per heavy atom. The van der Waals surface area contributed by atoms with Gasteiger partial charge in [-0.15, -0.1) is 0 Å². The fourth-order valence-electron chi connectivity index (χ4n) is 1.58. The van der Waals surface area contributed by atoms with E-state index in [9.17, 15) is 9.59 Å². The Morgan fingerprint density at radius 3 is 2.37 bits per heavy atom. The highest BCUT2D eigenvalue weighted by Crippen LogP contribution is 2.26. The summed E-state index contributed by atoms with van der Waals surface area (Å²) in [5.41, 5.74) is 6.86. The fraction of sp³-hybridized carbons (Fsp3) is 0.385. The quantitative estimate of drug-likeness (QED) is 0.493. The predicted molar refractivity (Wildman–Crippen MR) is 77.4 cm³/mol. The lowest BCUT2D eigenvalue weighted by atomic mass is 10.1. The maximum absolute atomic E-state index is 11.2. The molecule has 0 aliphatic rings. The number of carbonyl (C=O) groups excluding carboxylic acids is 2. The van der Waals surface area contributed by atoms with Crippen LogP contribution in [-0.2, 0) is 9.53 Å². The van der Waals surface area contributed by atoms with Crippen molar-refractivity contribution in [3.05, 3.63) is 29.8 Å². The predicted octanol–water partition coefficient (Wildman–Crippen LogP) is 2.13. The molecule has 0 aromatic heterocycles. The monoisotopic (exact) mass is 282 g/mol. The minimum Gasteiger partial charge on any atom is -0.378 e. The second-order valence-corrected chi connectivity index (χ2v) is 4.96. The lowest BCUT2D eigenvalue weighted by Gasteiger charge is -2.15. The molecule has 0 bridgehead atoms. The van der Waals surface area contributed by atoms with Crippen molar-refractivity contribution in [2.24, 2.45) is 5.73 Å². The molecular weight excluding hydrogens is 264 g/mol. The molecule has 1 aromatic rings. The summed E-state index contributed by atoms with van der Waals surface area (Å²) < 4.78 is 4.25. The van der Waals surface area contributed by atoms with Crippen LogP contribution in [0.4, 0.5) is 10.5 Å². The summed E-state index contributed by atoms with van der Waals surface area (Å²) in [6.07, 6.45) is -0.487. The van der Waals surface area contributed by atoms with Gasteiger partial charge in [-0.2, -0.15) is 12.6 Å². The number of rotatable bonds is 5. The summed E-state index contributed by atoms with van der Waals surface area (Å²) in [5, 5.41) is -0.0864. The van der Waals surface area contributed by atoms with Gasteiger partial charge in [0.05, 0.1) is 0 Å². The Kier molecular flexibility index (Phi) is 5.69. The number of amides is 1.